The smallest absolute Gasteiger partial charge is 0.311 e. The predicted molar refractivity (Wildman–Crippen MR) is 100 cm³/mol. The molecule has 4 heterocycles. The third-order valence-corrected chi connectivity index (χ3v) is 6.25. The molecule has 0 aromatic rings. The summed E-state index contributed by atoms with van der Waals surface area (Å²) in [6.45, 7) is 9.31. The van der Waals surface area contributed by atoms with Crippen LogP contribution in [-0.4, -0.2) is 75.0 Å². The Kier molecular flexibility index (Phi) is 5.90. The maximum absolute atomic E-state index is 12.5. The molecule has 0 saturated carbocycles. The second-order valence-electron chi connectivity index (χ2n) is 9.51. The highest BCUT2D eigenvalue weighted by Gasteiger charge is 2.51. The lowest BCUT2D eigenvalue weighted by molar-refractivity contribution is -0.159. The number of ether oxygens (including phenoxy) is 6. The molecule has 29 heavy (non-hydrogen) atoms. The van der Waals surface area contributed by atoms with Crippen molar-refractivity contribution in [3.8, 4) is 0 Å². The fraction of sp³-hybridized carbons (Fsp3) is 0.905. The van der Waals surface area contributed by atoms with Crippen molar-refractivity contribution in [2.24, 2.45) is 17.3 Å². The van der Waals surface area contributed by atoms with E-state index in [0.29, 0.717) is 26.1 Å². The Morgan fingerprint density at radius 3 is 2.10 bits per heavy atom. The molecule has 4 fully saturated rings. The zero-order valence-corrected chi connectivity index (χ0v) is 17.6. The van der Waals surface area contributed by atoms with Crippen molar-refractivity contribution >= 4 is 11.9 Å². The number of epoxide rings is 2. The van der Waals surface area contributed by atoms with Gasteiger partial charge < -0.3 is 28.4 Å². The zero-order valence-electron chi connectivity index (χ0n) is 17.6. The van der Waals surface area contributed by atoms with E-state index in [2.05, 4.69) is 0 Å². The quantitative estimate of drug-likeness (QED) is 0.437. The van der Waals surface area contributed by atoms with E-state index < -0.39 is 5.41 Å². The van der Waals surface area contributed by atoms with Gasteiger partial charge in [0.2, 0.25) is 0 Å². The third kappa shape index (κ3) is 4.93. The van der Waals surface area contributed by atoms with E-state index in [9.17, 15) is 9.59 Å². The molecular weight excluding hydrogens is 380 g/mol. The summed E-state index contributed by atoms with van der Waals surface area (Å²) in [7, 11) is 0. The number of hydrogen-bond donors (Lipinski definition) is 0. The molecule has 0 aromatic carbocycles. The van der Waals surface area contributed by atoms with Crippen LogP contribution in [0.25, 0.3) is 0 Å². The molecule has 8 heteroatoms. The van der Waals surface area contributed by atoms with Gasteiger partial charge in [-0.25, -0.2) is 0 Å². The first-order valence-electron chi connectivity index (χ1n) is 10.6. The van der Waals surface area contributed by atoms with Crippen molar-refractivity contribution in [1.29, 1.82) is 0 Å². The molecular formula is C21H32O8. The van der Waals surface area contributed by atoms with Crippen molar-refractivity contribution in [3.05, 3.63) is 0 Å². The molecule has 4 aliphatic heterocycles. The lowest BCUT2D eigenvalue weighted by atomic mass is 9.95. The average Bonchev–Trinajstić information content (AvgIpc) is 3.56. The van der Waals surface area contributed by atoms with Gasteiger partial charge >= 0.3 is 11.9 Å². The second kappa shape index (κ2) is 8.13. The molecule has 8 atom stereocenters. The molecule has 0 N–H and O–H groups in total. The highest BCUT2D eigenvalue weighted by atomic mass is 16.6. The lowest BCUT2D eigenvalue weighted by Gasteiger charge is -2.26. The van der Waals surface area contributed by atoms with Gasteiger partial charge in [-0.15, -0.1) is 0 Å². The van der Waals surface area contributed by atoms with E-state index >= 15 is 0 Å². The predicted octanol–water partition coefficient (Wildman–Crippen LogP) is 1.48. The van der Waals surface area contributed by atoms with Crippen LogP contribution in [0.2, 0.25) is 0 Å². The molecule has 4 aliphatic rings. The average molecular weight is 412 g/mol. The number of hydrogen-bond acceptors (Lipinski definition) is 8. The van der Waals surface area contributed by atoms with Gasteiger partial charge in [0.25, 0.3) is 0 Å². The van der Waals surface area contributed by atoms with Gasteiger partial charge in [0.05, 0.1) is 56.1 Å². The summed E-state index contributed by atoms with van der Waals surface area (Å²) >= 11 is 0. The van der Waals surface area contributed by atoms with Gasteiger partial charge in [-0.2, -0.15) is 0 Å². The minimum atomic E-state index is -0.481. The molecule has 8 unspecified atom stereocenters. The van der Waals surface area contributed by atoms with E-state index in [-0.39, 0.29) is 73.6 Å². The Morgan fingerprint density at radius 2 is 1.52 bits per heavy atom. The molecule has 0 bridgehead atoms. The fourth-order valence-electron chi connectivity index (χ4n) is 4.19. The van der Waals surface area contributed by atoms with Crippen molar-refractivity contribution in [2.45, 2.75) is 77.2 Å². The van der Waals surface area contributed by atoms with Gasteiger partial charge in [-0.3, -0.25) is 9.59 Å². The molecule has 0 amide bonds. The SMILES string of the molecule is CC1OC(C2CO2)CC1C(=O)OCC(C)(C)COC(=O)C1CCOC1C1OC1C. The molecule has 0 radical (unpaired) electrons. The van der Waals surface area contributed by atoms with Crippen LogP contribution in [0.3, 0.4) is 0 Å². The number of esters is 2. The second-order valence-corrected chi connectivity index (χ2v) is 9.51. The van der Waals surface area contributed by atoms with E-state index in [1.54, 1.807) is 0 Å². The standard InChI is InChI=1S/C21H32O8/c1-11-14(7-15(28-11)16-8-25-16)20(23)27-10-21(3,4)9-26-19(22)13-5-6-24-18(13)17-12(2)29-17/h11-18H,5-10H2,1-4H3. The molecule has 0 aromatic heterocycles. The molecule has 8 nitrogen and oxygen atoms in total. The molecule has 0 aliphatic carbocycles. The Hall–Kier alpha value is -1.22. The van der Waals surface area contributed by atoms with E-state index in [1.165, 1.54) is 0 Å². The van der Waals surface area contributed by atoms with Gasteiger partial charge in [0.1, 0.15) is 12.2 Å². The Bertz CT molecular complexity index is 630. The summed E-state index contributed by atoms with van der Waals surface area (Å²) in [5, 5.41) is 0. The van der Waals surface area contributed by atoms with E-state index in [1.807, 2.05) is 27.7 Å². The summed E-state index contributed by atoms with van der Waals surface area (Å²) in [5.41, 5.74) is -0.481. The Balaban J connectivity index is 1.20. The number of carbonyl (C=O) groups excluding carboxylic acids is 2. The molecule has 4 saturated heterocycles. The maximum Gasteiger partial charge on any atom is 0.311 e. The number of rotatable bonds is 8. The normalized spacial score (nSPS) is 41.2. The van der Waals surface area contributed by atoms with Crippen LogP contribution >= 0.6 is 0 Å². The Morgan fingerprint density at radius 1 is 0.897 bits per heavy atom. The van der Waals surface area contributed by atoms with Gasteiger partial charge in [-0.1, -0.05) is 13.8 Å². The van der Waals surface area contributed by atoms with Crippen LogP contribution in [0.5, 0.6) is 0 Å². The van der Waals surface area contributed by atoms with Gasteiger partial charge in [0, 0.05) is 12.0 Å². The van der Waals surface area contributed by atoms with Crippen molar-refractivity contribution in [3.63, 3.8) is 0 Å². The van der Waals surface area contributed by atoms with Crippen LogP contribution in [0.15, 0.2) is 0 Å². The summed E-state index contributed by atoms with van der Waals surface area (Å²) in [6.07, 6.45) is 1.12. The molecule has 4 rings (SSSR count). The molecule has 0 spiro atoms. The zero-order chi connectivity index (χ0) is 20.8. The van der Waals surface area contributed by atoms with Crippen LogP contribution in [0.4, 0.5) is 0 Å². The van der Waals surface area contributed by atoms with E-state index in [0.717, 1.165) is 0 Å². The van der Waals surface area contributed by atoms with Crippen LogP contribution in [0.1, 0.15) is 40.5 Å². The minimum absolute atomic E-state index is 0.00972. The summed E-state index contributed by atoms with van der Waals surface area (Å²) in [5.74, 6) is -1.09. The Labute approximate surface area is 171 Å². The molecule has 164 valence electrons. The third-order valence-electron chi connectivity index (χ3n) is 6.25. The van der Waals surface area contributed by atoms with Crippen LogP contribution in [-0.2, 0) is 38.0 Å². The first-order valence-corrected chi connectivity index (χ1v) is 10.6. The highest BCUT2D eigenvalue weighted by Crippen LogP contribution is 2.37. The first kappa shape index (κ1) is 21.0. The largest absolute Gasteiger partial charge is 0.465 e. The first-order chi connectivity index (χ1) is 13.7. The van der Waals surface area contributed by atoms with Gasteiger partial charge in [-0.05, 0) is 26.7 Å². The van der Waals surface area contributed by atoms with Gasteiger partial charge in [0.15, 0.2) is 0 Å². The highest BCUT2D eigenvalue weighted by molar-refractivity contribution is 5.74. The van der Waals surface area contributed by atoms with Crippen molar-refractivity contribution in [1.82, 2.24) is 0 Å². The van der Waals surface area contributed by atoms with E-state index in [4.69, 9.17) is 28.4 Å². The summed E-state index contributed by atoms with van der Waals surface area (Å²) in [4.78, 5) is 25.1. The topological polar surface area (TPSA) is 96.1 Å². The summed E-state index contributed by atoms with van der Waals surface area (Å²) in [6, 6.07) is 0. The number of carbonyl (C=O) groups is 2. The van der Waals surface area contributed by atoms with Crippen molar-refractivity contribution < 1.29 is 38.0 Å². The summed E-state index contributed by atoms with van der Waals surface area (Å²) < 4.78 is 33.3. The van der Waals surface area contributed by atoms with Crippen molar-refractivity contribution in [2.75, 3.05) is 26.4 Å². The lowest BCUT2D eigenvalue weighted by Crippen LogP contribution is -2.35. The van der Waals surface area contributed by atoms with Crippen LogP contribution < -0.4 is 0 Å². The van der Waals surface area contributed by atoms with Crippen LogP contribution in [0, 0.1) is 17.3 Å². The fourth-order valence-corrected chi connectivity index (χ4v) is 4.19. The monoisotopic (exact) mass is 412 g/mol. The minimum Gasteiger partial charge on any atom is -0.465 e. The maximum atomic E-state index is 12.5.